The lowest BCUT2D eigenvalue weighted by molar-refractivity contribution is -0.380. The summed E-state index contributed by atoms with van der Waals surface area (Å²) in [5.41, 5.74) is 6.26. The molecule has 1 aliphatic heterocycles. The molecule has 2 aliphatic rings. The van der Waals surface area contributed by atoms with Gasteiger partial charge in [0.15, 0.2) is 0 Å². The van der Waals surface area contributed by atoms with Gasteiger partial charge >= 0.3 is 5.00 Å². The number of rotatable bonds is 3. The van der Waals surface area contributed by atoms with Crippen LogP contribution in [-0.2, 0) is 4.79 Å². The van der Waals surface area contributed by atoms with Crippen molar-refractivity contribution in [2.45, 2.75) is 50.2 Å². The highest BCUT2D eigenvalue weighted by Gasteiger charge is 2.42. The second-order valence-corrected chi connectivity index (χ2v) is 6.56. The van der Waals surface area contributed by atoms with E-state index in [1.165, 1.54) is 6.07 Å². The molecule has 20 heavy (non-hydrogen) atoms. The van der Waals surface area contributed by atoms with Gasteiger partial charge in [0.1, 0.15) is 0 Å². The fraction of sp³-hybridized carbons (Fsp3) is 0.615. The summed E-state index contributed by atoms with van der Waals surface area (Å²) in [6.45, 7) is 0. The zero-order valence-electron chi connectivity index (χ0n) is 11.0. The van der Waals surface area contributed by atoms with E-state index < -0.39 is 0 Å². The molecule has 2 unspecified atom stereocenters. The Balaban J connectivity index is 1.95. The minimum absolute atomic E-state index is 0.111. The molecule has 3 rings (SSSR count). The first kappa shape index (κ1) is 13.5. The number of hydrogen-bond acceptors (Lipinski definition) is 5. The van der Waals surface area contributed by atoms with Crippen LogP contribution < -0.4 is 5.73 Å². The Labute approximate surface area is 120 Å². The van der Waals surface area contributed by atoms with Crippen molar-refractivity contribution >= 4 is 22.2 Å². The molecule has 2 atom stereocenters. The van der Waals surface area contributed by atoms with Crippen molar-refractivity contribution in [2.75, 3.05) is 0 Å². The van der Waals surface area contributed by atoms with Crippen molar-refractivity contribution in [2.24, 2.45) is 5.73 Å². The highest BCUT2D eigenvalue weighted by molar-refractivity contribution is 7.15. The number of carbonyl (C=O) groups excluding carboxylic acids is 1. The number of hydrogen-bond donors (Lipinski definition) is 1. The SMILES string of the molecule is NC1CCCC(=O)N(C2CC2)C1c1ccc([N+](=O)[O-])s1. The Bertz CT molecular complexity index is 541. The van der Waals surface area contributed by atoms with Gasteiger partial charge in [-0.3, -0.25) is 14.9 Å². The van der Waals surface area contributed by atoms with E-state index in [0.717, 1.165) is 41.9 Å². The summed E-state index contributed by atoms with van der Waals surface area (Å²) in [7, 11) is 0. The summed E-state index contributed by atoms with van der Waals surface area (Å²) in [5.74, 6) is 0.140. The van der Waals surface area contributed by atoms with Gasteiger partial charge in [0.05, 0.1) is 11.0 Å². The molecule has 1 saturated heterocycles. The van der Waals surface area contributed by atoms with Crippen molar-refractivity contribution in [3.05, 3.63) is 27.1 Å². The largest absolute Gasteiger partial charge is 0.330 e. The lowest BCUT2D eigenvalue weighted by Gasteiger charge is -2.33. The molecule has 6 nitrogen and oxygen atoms in total. The topological polar surface area (TPSA) is 89.5 Å². The average molecular weight is 295 g/mol. The number of likely N-dealkylation sites (tertiary alicyclic amines) is 1. The zero-order chi connectivity index (χ0) is 14.3. The molecule has 0 radical (unpaired) electrons. The number of nitrogens with zero attached hydrogens (tertiary/aromatic N) is 2. The number of nitro groups is 1. The van der Waals surface area contributed by atoms with Crippen LogP contribution in [0.3, 0.4) is 0 Å². The van der Waals surface area contributed by atoms with Gasteiger partial charge in [0.25, 0.3) is 0 Å². The summed E-state index contributed by atoms with van der Waals surface area (Å²) in [6.07, 6.45) is 4.15. The van der Waals surface area contributed by atoms with Crippen molar-refractivity contribution in [1.82, 2.24) is 4.90 Å². The molecule has 1 saturated carbocycles. The average Bonchev–Trinajstić information content (AvgIpc) is 3.13. The highest BCUT2D eigenvalue weighted by atomic mass is 32.1. The van der Waals surface area contributed by atoms with Gasteiger partial charge in [-0.1, -0.05) is 11.3 Å². The van der Waals surface area contributed by atoms with Crippen LogP contribution in [0.5, 0.6) is 0 Å². The standard InChI is InChI=1S/C13H17N3O3S/c14-9-2-1-3-11(17)15(8-4-5-8)13(9)10-6-7-12(20-10)16(18)19/h6-9,13H,1-5,14H2. The van der Waals surface area contributed by atoms with Gasteiger partial charge in [-0.15, -0.1) is 0 Å². The van der Waals surface area contributed by atoms with Crippen LogP contribution >= 0.6 is 11.3 Å². The highest BCUT2D eigenvalue weighted by Crippen LogP contribution is 2.42. The third-order valence-electron chi connectivity index (χ3n) is 3.95. The summed E-state index contributed by atoms with van der Waals surface area (Å²) in [5, 5.41) is 11.0. The minimum atomic E-state index is -0.389. The Morgan fingerprint density at radius 2 is 2.10 bits per heavy atom. The molecule has 2 heterocycles. The Hall–Kier alpha value is -1.47. The molecule has 1 aromatic rings. The van der Waals surface area contributed by atoms with Crippen molar-refractivity contribution in [1.29, 1.82) is 0 Å². The summed E-state index contributed by atoms with van der Waals surface area (Å²) in [6, 6.07) is 3.20. The molecule has 2 fully saturated rings. The fourth-order valence-electron chi connectivity index (χ4n) is 2.87. The Morgan fingerprint density at radius 1 is 1.35 bits per heavy atom. The lowest BCUT2D eigenvalue weighted by Crippen LogP contribution is -2.43. The van der Waals surface area contributed by atoms with Crippen molar-refractivity contribution in [3.8, 4) is 0 Å². The van der Waals surface area contributed by atoms with Gasteiger partial charge < -0.3 is 10.6 Å². The van der Waals surface area contributed by atoms with Gasteiger partial charge in [-0.05, 0) is 31.7 Å². The molecule has 1 amide bonds. The van der Waals surface area contributed by atoms with E-state index in [9.17, 15) is 14.9 Å². The molecular weight excluding hydrogens is 278 g/mol. The number of nitrogens with two attached hydrogens (primary N) is 1. The molecule has 2 N–H and O–H groups in total. The van der Waals surface area contributed by atoms with E-state index in [4.69, 9.17) is 5.73 Å². The van der Waals surface area contributed by atoms with Gasteiger partial charge in [-0.25, -0.2) is 0 Å². The summed E-state index contributed by atoms with van der Waals surface area (Å²) < 4.78 is 0. The first-order chi connectivity index (χ1) is 9.58. The number of amides is 1. The van der Waals surface area contributed by atoms with Crippen LogP contribution in [0.1, 0.15) is 43.0 Å². The van der Waals surface area contributed by atoms with Crippen LogP contribution in [-0.4, -0.2) is 27.8 Å². The molecule has 108 valence electrons. The predicted molar refractivity (Wildman–Crippen MR) is 75.4 cm³/mol. The molecule has 7 heteroatoms. The smallest absolute Gasteiger partial charge is 0.324 e. The fourth-order valence-corrected chi connectivity index (χ4v) is 3.87. The molecule has 1 aliphatic carbocycles. The first-order valence-electron chi connectivity index (χ1n) is 6.89. The van der Waals surface area contributed by atoms with Crippen LogP contribution in [0.4, 0.5) is 5.00 Å². The summed E-state index contributed by atoms with van der Waals surface area (Å²) in [4.78, 5) is 25.5. The third kappa shape index (κ3) is 2.43. The minimum Gasteiger partial charge on any atom is -0.330 e. The van der Waals surface area contributed by atoms with Crippen molar-refractivity contribution in [3.63, 3.8) is 0 Å². The maximum atomic E-state index is 12.3. The zero-order valence-corrected chi connectivity index (χ0v) is 11.8. The van der Waals surface area contributed by atoms with Crippen LogP contribution in [0.25, 0.3) is 0 Å². The second kappa shape index (κ2) is 5.14. The van der Waals surface area contributed by atoms with Gasteiger partial charge in [0.2, 0.25) is 5.91 Å². The first-order valence-corrected chi connectivity index (χ1v) is 7.70. The molecule has 0 bridgehead atoms. The Kier molecular flexibility index (Phi) is 3.47. The van der Waals surface area contributed by atoms with E-state index in [1.807, 2.05) is 4.90 Å². The van der Waals surface area contributed by atoms with Crippen LogP contribution in [0.15, 0.2) is 12.1 Å². The molecule has 0 spiro atoms. The monoisotopic (exact) mass is 295 g/mol. The van der Waals surface area contributed by atoms with Crippen LogP contribution in [0, 0.1) is 10.1 Å². The van der Waals surface area contributed by atoms with Gasteiger partial charge in [-0.2, -0.15) is 0 Å². The van der Waals surface area contributed by atoms with Gasteiger partial charge in [0, 0.05) is 29.4 Å². The number of thiophene rings is 1. The predicted octanol–water partition coefficient (Wildman–Crippen LogP) is 2.20. The molecular formula is C13H17N3O3S. The molecule has 0 aromatic carbocycles. The van der Waals surface area contributed by atoms with Crippen molar-refractivity contribution < 1.29 is 9.72 Å². The van der Waals surface area contributed by atoms with E-state index in [1.54, 1.807) is 6.07 Å². The van der Waals surface area contributed by atoms with E-state index in [0.29, 0.717) is 6.42 Å². The second-order valence-electron chi connectivity index (χ2n) is 5.47. The maximum Gasteiger partial charge on any atom is 0.324 e. The van der Waals surface area contributed by atoms with E-state index in [2.05, 4.69) is 0 Å². The number of carbonyl (C=O) groups is 1. The lowest BCUT2D eigenvalue weighted by atomic mass is 10.0. The van der Waals surface area contributed by atoms with E-state index >= 15 is 0 Å². The quantitative estimate of drug-likeness (QED) is 0.683. The molecule has 1 aromatic heterocycles. The van der Waals surface area contributed by atoms with E-state index in [-0.39, 0.29) is 34.0 Å². The van der Waals surface area contributed by atoms with Crippen LogP contribution in [0.2, 0.25) is 0 Å². The maximum absolute atomic E-state index is 12.3. The third-order valence-corrected chi connectivity index (χ3v) is 5.05. The summed E-state index contributed by atoms with van der Waals surface area (Å²) >= 11 is 1.14. The Morgan fingerprint density at radius 3 is 2.70 bits per heavy atom. The normalized spacial score (nSPS) is 27.4.